The predicted molar refractivity (Wildman–Crippen MR) is 75.8 cm³/mol. The van der Waals surface area contributed by atoms with E-state index in [9.17, 15) is 9.59 Å². The lowest BCUT2D eigenvalue weighted by atomic mass is 10.2. The molecule has 5 heteroatoms. The first kappa shape index (κ1) is 16.0. The number of hydrogen-bond acceptors (Lipinski definition) is 3. The van der Waals surface area contributed by atoms with Crippen LogP contribution in [0.25, 0.3) is 0 Å². The third kappa shape index (κ3) is 6.78. The van der Waals surface area contributed by atoms with E-state index in [2.05, 4.69) is 5.32 Å². The van der Waals surface area contributed by atoms with Crippen LogP contribution < -0.4 is 10.1 Å². The Labute approximate surface area is 118 Å². The molecule has 0 unspecified atom stereocenters. The number of nitrogens with one attached hydrogen (secondary N) is 1. The average molecular weight is 279 g/mol. The van der Waals surface area contributed by atoms with E-state index in [4.69, 9.17) is 9.84 Å². The van der Waals surface area contributed by atoms with E-state index in [1.807, 2.05) is 31.2 Å². The molecular weight excluding hydrogens is 258 g/mol. The van der Waals surface area contributed by atoms with Crippen LogP contribution in [-0.4, -0.2) is 30.1 Å². The van der Waals surface area contributed by atoms with Crippen LogP contribution in [0.1, 0.15) is 31.2 Å². The number of carboxylic acids is 1. The highest BCUT2D eigenvalue weighted by atomic mass is 16.5. The summed E-state index contributed by atoms with van der Waals surface area (Å²) in [6.45, 7) is 2.88. The summed E-state index contributed by atoms with van der Waals surface area (Å²) in [5, 5.41) is 11.1. The predicted octanol–water partition coefficient (Wildman–Crippen LogP) is 2.14. The maximum atomic E-state index is 11.5. The molecule has 0 spiro atoms. The van der Waals surface area contributed by atoms with Gasteiger partial charge in [0.1, 0.15) is 5.75 Å². The summed E-state index contributed by atoms with van der Waals surface area (Å²) in [7, 11) is 0. The summed E-state index contributed by atoms with van der Waals surface area (Å²) < 4.78 is 5.59. The van der Waals surface area contributed by atoms with Gasteiger partial charge in [0.2, 0.25) is 5.91 Å². The smallest absolute Gasteiger partial charge is 0.303 e. The minimum Gasteiger partial charge on any atom is -0.493 e. The largest absolute Gasteiger partial charge is 0.493 e. The number of aliphatic carboxylic acids is 1. The zero-order valence-corrected chi connectivity index (χ0v) is 11.7. The number of ether oxygens (including phenoxy) is 1. The lowest BCUT2D eigenvalue weighted by molar-refractivity contribution is -0.137. The molecule has 0 aliphatic heterocycles. The molecule has 1 amide bonds. The molecule has 0 aliphatic rings. The number of hydrogen-bond donors (Lipinski definition) is 2. The van der Waals surface area contributed by atoms with Gasteiger partial charge < -0.3 is 15.2 Å². The van der Waals surface area contributed by atoms with Crippen LogP contribution in [0.5, 0.6) is 5.75 Å². The zero-order valence-electron chi connectivity index (χ0n) is 11.7. The maximum Gasteiger partial charge on any atom is 0.303 e. The van der Waals surface area contributed by atoms with Crippen molar-refractivity contribution in [2.24, 2.45) is 0 Å². The van der Waals surface area contributed by atoms with Crippen molar-refractivity contribution in [2.45, 2.75) is 32.6 Å². The van der Waals surface area contributed by atoms with Gasteiger partial charge in [0, 0.05) is 19.4 Å². The summed E-state index contributed by atoms with van der Waals surface area (Å²) in [4.78, 5) is 21.7. The summed E-state index contributed by atoms with van der Waals surface area (Å²) in [6.07, 6.45) is 1.56. The van der Waals surface area contributed by atoms with Crippen molar-refractivity contribution >= 4 is 11.9 Å². The van der Waals surface area contributed by atoms with Gasteiger partial charge in [-0.1, -0.05) is 18.2 Å². The third-order valence-corrected chi connectivity index (χ3v) is 2.79. The Morgan fingerprint density at radius 2 is 1.95 bits per heavy atom. The summed E-state index contributed by atoms with van der Waals surface area (Å²) in [6, 6.07) is 7.75. The van der Waals surface area contributed by atoms with E-state index in [-0.39, 0.29) is 12.3 Å². The van der Waals surface area contributed by atoms with Crippen molar-refractivity contribution in [3.8, 4) is 5.75 Å². The Morgan fingerprint density at radius 1 is 1.20 bits per heavy atom. The van der Waals surface area contributed by atoms with Gasteiger partial charge >= 0.3 is 5.97 Å². The molecule has 0 bridgehead atoms. The second-order valence-corrected chi connectivity index (χ2v) is 4.56. The van der Waals surface area contributed by atoms with E-state index in [1.165, 1.54) is 0 Å². The third-order valence-electron chi connectivity index (χ3n) is 2.79. The molecule has 5 nitrogen and oxygen atoms in total. The number of aryl methyl sites for hydroxylation is 1. The fourth-order valence-corrected chi connectivity index (χ4v) is 1.69. The minimum atomic E-state index is -0.842. The first-order chi connectivity index (χ1) is 9.59. The monoisotopic (exact) mass is 279 g/mol. The van der Waals surface area contributed by atoms with Crippen LogP contribution in [0.3, 0.4) is 0 Å². The molecule has 0 fully saturated rings. The quantitative estimate of drug-likeness (QED) is 0.679. The van der Waals surface area contributed by atoms with Crippen LogP contribution in [-0.2, 0) is 9.59 Å². The highest BCUT2D eigenvalue weighted by Gasteiger charge is 2.03. The van der Waals surface area contributed by atoms with Gasteiger partial charge in [-0.15, -0.1) is 0 Å². The lowest BCUT2D eigenvalue weighted by Gasteiger charge is -2.08. The Morgan fingerprint density at radius 3 is 2.65 bits per heavy atom. The molecule has 1 rings (SSSR count). The zero-order chi connectivity index (χ0) is 14.8. The molecule has 2 N–H and O–H groups in total. The van der Waals surface area contributed by atoms with E-state index in [0.29, 0.717) is 32.4 Å². The SMILES string of the molecule is Cc1ccccc1OCCCC(=O)NCCCC(=O)O. The second kappa shape index (κ2) is 8.96. The minimum absolute atomic E-state index is 0.0660. The molecule has 0 radical (unpaired) electrons. The van der Waals surface area contributed by atoms with Gasteiger partial charge in [-0.05, 0) is 31.4 Å². The Balaban J connectivity index is 2.07. The second-order valence-electron chi connectivity index (χ2n) is 4.56. The molecule has 0 saturated heterocycles. The Hall–Kier alpha value is -2.04. The molecule has 0 atom stereocenters. The van der Waals surface area contributed by atoms with Crippen molar-refractivity contribution in [1.29, 1.82) is 0 Å². The van der Waals surface area contributed by atoms with Crippen molar-refractivity contribution in [2.75, 3.05) is 13.2 Å². The fraction of sp³-hybridized carbons (Fsp3) is 0.467. The number of benzene rings is 1. The van der Waals surface area contributed by atoms with Gasteiger partial charge in [0.05, 0.1) is 6.61 Å². The Bertz CT molecular complexity index is 445. The highest BCUT2D eigenvalue weighted by molar-refractivity contribution is 5.75. The summed E-state index contributed by atoms with van der Waals surface area (Å²) >= 11 is 0. The number of carbonyl (C=O) groups excluding carboxylic acids is 1. The first-order valence-electron chi connectivity index (χ1n) is 6.76. The molecule has 0 aromatic heterocycles. The topological polar surface area (TPSA) is 75.6 Å². The molecule has 20 heavy (non-hydrogen) atoms. The molecule has 0 saturated carbocycles. The number of carboxylic acid groups (broad SMARTS) is 1. The number of carbonyl (C=O) groups is 2. The molecule has 110 valence electrons. The summed E-state index contributed by atoms with van der Waals surface area (Å²) in [5.41, 5.74) is 1.07. The molecule has 0 heterocycles. The van der Waals surface area contributed by atoms with Crippen LogP contribution >= 0.6 is 0 Å². The molecular formula is C15H21NO4. The van der Waals surface area contributed by atoms with Crippen LogP contribution in [0.15, 0.2) is 24.3 Å². The molecule has 1 aromatic rings. The highest BCUT2D eigenvalue weighted by Crippen LogP contribution is 2.16. The van der Waals surface area contributed by atoms with E-state index in [1.54, 1.807) is 0 Å². The lowest BCUT2D eigenvalue weighted by Crippen LogP contribution is -2.25. The van der Waals surface area contributed by atoms with Crippen molar-refractivity contribution in [3.63, 3.8) is 0 Å². The van der Waals surface area contributed by atoms with Crippen molar-refractivity contribution in [3.05, 3.63) is 29.8 Å². The van der Waals surface area contributed by atoms with Gasteiger partial charge in [-0.3, -0.25) is 9.59 Å². The van der Waals surface area contributed by atoms with Crippen molar-refractivity contribution in [1.82, 2.24) is 5.32 Å². The van der Waals surface area contributed by atoms with Gasteiger partial charge in [0.15, 0.2) is 0 Å². The van der Waals surface area contributed by atoms with Crippen LogP contribution in [0.2, 0.25) is 0 Å². The number of rotatable bonds is 9. The average Bonchev–Trinajstić information content (AvgIpc) is 2.41. The molecule has 1 aromatic carbocycles. The number of amides is 1. The normalized spacial score (nSPS) is 10.1. The van der Waals surface area contributed by atoms with Gasteiger partial charge in [-0.25, -0.2) is 0 Å². The first-order valence-corrected chi connectivity index (χ1v) is 6.76. The van der Waals surface area contributed by atoms with E-state index >= 15 is 0 Å². The van der Waals surface area contributed by atoms with Crippen LogP contribution in [0.4, 0.5) is 0 Å². The number of para-hydroxylation sites is 1. The van der Waals surface area contributed by atoms with Gasteiger partial charge in [-0.2, -0.15) is 0 Å². The Kier molecular flexibility index (Phi) is 7.17. The standard InChI is InChI=1S/C15H21NO4/c1-12-6-2-3-7-13(12)20-11-5-8-14(17)16-10-4-9-15(18)19/h2-3,6-7H,4-5,8-11H2,1H3,(H,16,17)(H,18,19). The summed E-state index contributed by atoms with van der Waals surface area (Å²) in [5.74, 6) is -0.0657. The van der Waals surface area contributed by atoms with Crippen molar-refractivity contribution < 1.29 is 19.4 Å². The van der Waals surface area contributed by atoms with Crippen LogP contribution in [0, 0.1) is 6.92 Å². The fourth-order valence-electron chi connectivity index (χ4n) is 1.69. The van der Waals surface area contributed by atoms with Gasteiger partial charge in [0.25, 0.3) is 0 Å². The van der Waals surface area contributed by atoms with E-state index < -0.39 is 5.97 Å². The molecule has 0 aliphatic carbocycles. The maximum absolute atomic E-state index is 11.5. The van der Waals surface area contributed by atoms with E-state index in [0.717, 1.165) is 11.3 Å².